The number of likely N-dealkylation sites (tertiary alicyclic amines) is 1. The molecule has 2 aliphatic rings. The maximum absolute atomic E-state index is 5.92. The summed E-state index contributed by atoms with van der Waals surface area (Å²) in [6.45, 7) is 3.97. The van der Waals surface area contributed by atoms with Crippen LogP contribution in [0.3, 0.4) is 0 Å². The van der Waals surface area contributed by atoms with Gasteiger partial charge in [0.2, 0.25) is 0 Å². The van der Waals surface area contributed by atoms with Crippen LogP contribution >= 0.6 is 11.6 Å². The van der Waals surface area contributed by atoms with Gasteiger partial charge in [-0.05, 0) is 31.0 Å². The first-order chi connectivity index (χ1) is 8.79. The Morgan fingerprint density at radius 1 is 1.39 bits per heavy atom. The van der Waals surface area contributed by atoms with E-state index in [1.165, 1.54) is 12.8 Å². The second kappa shape index (κ2) is 5.47. The first kappa shape index (κ1) is 12.3. The lowest BCUT2D eigenvalue weighted by Crippen LogP contribution is -2.55. The average molecular weight is 268 g/mol. The fourth-order valence-electron chi connectivity index (χ4n) is 2.56. The van der Waals surface area contributed by atoms with Gasteiger partial charge in [-0.15, -0.1) is 0 Å². The van der Waals surface area contributed by atoms with E-state index >= 15 is 0 Å². The van der Waals surface area contributed by atoms with Gasteiger partial charge in [0.25, 0.3) is 0 Å². The molecule has 0 radical (unpaired) electrons. The number of hydrogen-bond acceptors (Lipinski definition) is 3. The predicted molar refractivity (Wildman–Crippen MR) is 71.3 cm³/mol. The molecule has 3 nitrogen and oxygen atoms in total. The standard InChI is InChI=1S/C14H18ClNO2/c15-11-3-1-4-12(7-11)18-14-9-16(10-14)8-13-5-2-6-17-13/h1,3-4,7,13-14H,2,5-6,8-10H2/t13-/m0/s1. The summed E-state index contributed by atoms with van der Waals surface area (Å²) in [5, 5.41) is 0.725. The van der Waals surface area contributed by atoms with E-state index in [4.69, 9.17) is 21.1 Å². The molecular formula is C14H18ClNO2. The molecule has 0 saturated carbocycles. The van der Waals surface area contributed by atoms with Crippen molar-refractivity contribution in [3.8, 4) is 5.75 Å². The number of nitrogens with zero attached hydrogens (tertiary/aromatic N) is 1. The van der Waals surface area contributed by atoms with E-state index in [0.717, 1.165) is 37.0 Å². The number of halogens is 1. The van der Waals surface area contributed by atoms with Gasteiger partial charge in [0.05, 0.1) is 6.10 Å². The molecule has 2 fully saturated rings. The molecule has 0 N–H and O–H groups in total. The van der Waals surface area contributed by atoms with E-state index in [9.17, 15) is 0 Å². The zero-order valence-corrected chi connectivity index (χ0v) is 11.1. The molecule has 2 aliphatic heterocycles. The van der Waals surface area contributed by atoms with Crippen LogP contribution < -0.4 is 4.74 Å². The highest BCUT2D eigenvalue weighted by molar-refractivity contribution is 6.30. The third kappa shape index (κ3) is 2.97. The van der Waals surface area contributed by atoms with E-state index in [-0.39, 0.29) is 0 Å². The maximum atomic E-state index is 5.92. The first-order valence-electron chi connectivity index (χ1n) is 6.56. The first-order valence-corrected chi connectivity index (χ1v) is 6.93. The van der Waals surface area contributed by atoms with E-state index in [1.54, 1.807) is 0 Å². The Morgan fingerprint density at radius 2 is 2.28 bits per heavy atom. The van der Waals surface area contributed by atoms with Crippen LogP contribution in [0.2, 0.25) is 5.02 Å². The summed E-state index contributed by atoms with van der Waals surface area (Å²) in [5.74, 6) is 0.865. The summed E-state index contributed by atoms with van der Waals surface area (Å²) < 4.78 is 11.5. The number of hydrogen-bond donors (Lipinski definition) is 0. The summed E-state index contributed by atoms with van der Waals surface area (Å²) in [5.41, 5.74) is 0. The fraction of sp³-hybridized carbons (Fsp3) is 0.571. The molecule has 1 aromatic carbocycles. The molecule has 0 amide bonds. The van der Waals surface area contributed by atoms with Crippen LogP contribution in [0.25, 0.3) is 0 Å². The van der Waals surface area contributed by atoms with Crippen molar-refractivity contribution >= 4 is 11.6 Å². The van der Waals surface area contributed by atoms with Gasteiger partial charge in [0, 0.05) is 31.3 Å². The van der Waals surface area contributed by atoms with Gasteiger partial charge in [-0.3, -0.25) is 4.90 Å². The summed E-state index contributed by atoms with van der Waals surface area (Å²) in [6, 6.07) is 7.60. The largest absolute Gasteiger partial charge is 0.488 e. The summed E-state index contributed by atoms with van der Waals surface area (Å²) >= 11 is 5.92. The fourth-order valence-corrected chi connectivity index (χ4v) is 2.74. The molecule has 98 valence electrons. The molecule has 0 unspecified atom stereocenters. The van der Waals surface area contributed by atoms with Crippen LogP contribution in [0.15, 0.2) is 24.3 Å². The molecule has 1 atom stereocenters. The van der Waals surface area contributed by atoms with E-state index in [2.05, 4.69) is 4.90 Å². The second-order valence-electron chi connectivity index (χ2n) is 5.05. The Bertz CT molecular complexity index is 401. The van der Waals surface area contributed by atoms with Crippen LogP contribution in [-0.4, -0.2) is 43.3 Å². The summed E-state index contributed by atoms with van der Waals surface area (Å²) in [6.07, 6.45) is 3.15. The Labute approximate surface area is 113 Å². The van der Waals surface area contributed by atoms with E-state index in [1.807, 2.05) is 24.3 Å². The molecule has 4 heteroatoms. The van der Waals surface area contributed by atoms with Crippen LogP contribution in [0, 0.1) is 0 Å². The van der Waals surface area contributed by atoms with E-state index < -0.39 is 0 Å². The number of ether oxygens (including phenoxy) is 2. The lowest BCUT2D eigenvalue weighted by molar-refractivity contribution is -0.0147. The van der Waals surface area contributed by atoms with Crippen molar-refractivity contribution in [1.82, 2.24) is 4.90 Å². The minimum absolute atomic E-state index is 0.296. The number of benzene rings is 1. The van der Waals surface area contributed by atoms with E-state index in [0.29, 0.717) is 12.2 Å². The second-order valence-corrected chi connectivity index (χ2v) is 5.49. The van der Waals surface area contributed by atoms with Crippen molar-refractivity contribution in [2.75, 3.05) is 26.2 Å². The van der Waals surface area contributed by atoms with Gasteiger partial charge in [0.15, 0.2) is 0 Å². The number of rotatable bonds is 4. The lowest BCUT2D eigenvalue weighted by atomic mass is 10.1. The SMILES string of the molecule is Clc1cccc(OC2CN(C[C@@H]3CCCO3)C2)c1. The van der Waals surface area contributed by atoms with Crippen molar-refractivity contribution < 1.29 is 9.47 Å². The topological polar surface area (TPSA) is 21.7 Å². The highest BCUT2D eigenvalue weighted by atomic mass is 35.5. The summed E-state index contributed by atoms with van der Waals surface area (Å²) in [4.78, 5) is 2.39. The Hall–Kier alpha value is -0.770. The van der Waals surface area contributed by atoms with Gasteiger partial charge in [-0.1, -0.05) is 17.7 Å². The normalized spacial score (nSPS) is 25.1. The molecule has 2 heterocycles. The third-order valence-electron chi connectivity index (χ3n) is 3.51. The van der Waals surface area contributed by atoms with Gasteiger partial charge >= 0.3 is 0 Å². The van der Waals surface area contributed by atoms with Crippen LogP contribution in [-0.2, 0) is 4.74 Å². The van der Waals surface area contributed by atoms with Crippen molar-refractivity contribution in [3.63, 3.8) is 0 Å². The predicted octanol–water partition coefficient (Wildman–Crippen LogP) is 2.58. The van der Waals surface area contributed by atoms with Crippen LogP contribution in [0.5, 0.6) is 5.75 Å². The molecule has 0 aliphatic carbocycles. The molecule has 1 aromatic rings. The Kier molecular flexibility index (Phi) is 3.73. The van der Waals surface area contributed by atoms with Crippen molar-refractivity contribution in [3.05, 3.63) is 29.3 Å². The molecule has 0 spiro atoms. The maximum Gasteiger partial charge on any atom is 0.124 e. The van der Waals surface area contributed by atoms with Gasteiger partial charge in [-0.2, -0.15) is 0 Å². The average Bonchev–Trinajstić information content (AvgIpc) is 2.79. The van der Waals surface area contributed by atoms with Crippen molar-refractivity contribution in [1.29, 1.82) is 0 Å². The highest BCUT2D eigenvalue weighted by Crippen LogP contribution is 2.23. The summed E-state index contributed by atoms with van der Waals surface area (Å²) in [7, 11) is 0. The zero-order valence-electron chi connectivity index (χ0n) is 10.3. The van der Waals surface area contributed by atoms with Gasteiger partial charge in [-0.25, -0.2) is 0 Å². The van der Waals surface area contributed by atoms with Crippen LogP contribution in [0.4, 0.5) is 0 Å². The Morgan fingerprint density at radius 3 is 3.00 bits per heavy atom. The molecule has 0 bridgehead atoms. The minimum atomic E-state index is 0.296. The minimum Gasteiger partial charge on any atom is -0.488 e. The van der Waals surface area contributed by atoms with Crippen LogP contribution in [0.1, 0.15) is 12.8 Å². The molecular weight excluding hydrogens is 250 g/mol. The van der Waals surface area contributed by atoms with Crippen molar-refractivity contribution in [2.24, 2.45) is 0 Å². The highest BCUT2D eigenvalue weighted by Gasteiger charge is 2.31. The van der Waals surface area contributed by atoms with Gasteiger partial charge in [0.1, 0.15) is 11.9 Å². The van der Waals surface area contributed by atoms with Crippen molar-refractivity contribution in [2.45, 2.75) is 25.0 Å². The lowest BCUT2D eigenvalue weighted by Gasteiger charge is -2.40. The smallest absolute Gasteiger partial charge is 0.124 e. The molecule has 18 heavy (non-hydrogen) atoms. The Balaban J connectivity index is 1.42. The zero-order chi connectivity index (χ0) is 12.4. The van der Waals surface area contributed by atoms with Gasteiger partial charge < -0.3 is 9.47 Å². The third-order valence-corrected chi connectivity index (χ3v) is 3.74. The molecule has 0 aromatic heterocycles. The molecule has 3 rings (SSSR count). The monoisotopic (exact) mass is 267 g/mol. The molecule has 2 saturated heterocycles. The quantitative estimate of drug-likeness (QED) is 0.837.